The summed E-state index contributed by atoms with van der Waals surface area (Å²) < 4.78 is 0. The van der Waals surface area contributed by atoms with E-state index in [0.29, 0.717) is 32.4 Å². The van der Waals surface area contributed by atoms with E-state index >= 15 is 0 Å². The zero-order valence-electron chi connectivity index (χ0n) is 15.3. The molecule has 0 saturated heterocycles. The molecule has 3 heterocycles. The maximum absolute atomic E-state index is 12.7. The number of nitrogens with zero attached hydrogens (tertiary/aromatic N) is 3. The predicted octanol–water partition coefficient (Wildman–Crippen LogP) is 4.83. The molecule has 7 heteroatoms. The molecular weight excluding hydrogens is 388 g/mol. The van der Waals surface area contributed by atoms with Crippen LogP contribution in [0.2, 0.25) is 0 Å². The number of aryl methyl sites for hydroxylation is 2. The van der Waals surface area contributed by atoms with Crippen molar-refractivity contribution in [3.63, 3.8) is 0 Å². The van der Waals surface area contributed by atoms with Crippen LogP contribution in [0.25, 0.3) is 21.3 Å². The number of thiophene rings is 1. The summed E-state index contributed by atoms with van der Waals surface area (Å²) in [5.41, 5.74) is 4.09. The first-order valence-corrected chi connectivity index (χ1v) is 10.5. The number of thioether (sulfide) groups is 1. The van der Waals surface area contributed by atoms with Gasteiger partial charge < -0.3 is 4.98 Å². The van der Waals surface area contributed by atoms with Gasteiger partial charge in [-0.2, -0.15) is 5.26 Å². The number of hydrogen-bond acceptors (Lipinski definition) is 6. The van der Waals surface area contributed by atoms with Crippen LogP contribution < -0.4 is 5.56 Å². The largest absolute Gasteiger partial charge is 0.309 e. The summed E-state index contributed by atoms with van der Waals surface area (Å²) in [7, 11) is 0. The Labute approximate surface area is 170 Å². The molecule has 1 aromatic carbocycles. The van der Waals surface area contributed by atoms with Gasteiger partial charge >= 0.3 is 0 Å². The van der Waals surface area contributed by atoms with E-state index in [9.17, 15) is 10.1 Å². The van der Waals surface area contributed by atoms with E-state index in [1.165, 1.54) is 23.1 Å². The topological polar surface area (TPSA) is 82.4 Å². The molecule has 28 heavy (non-hydrogen) atoms. The first kappa shape index (κ1) is 18.4. The van der Waals surface area contributed by atoms with Gasteiger partial charge in [0.2, 0.25) is 0 Å². The molecule has 4 aromatic rings. The summed E-state index contributed by atoms with van der Waals surface area (Å²) in [4.78, 5) is 25.4. The lowest BCUT2D eigenvalue weighted by molar-refractivity contribution is 1.01. The lowest BCUT2D eigenvalue weighted by Gasteiger charge is -2.07. The molecule has 0 bridgehead atoms. The second kappa shape index (κ2) is 7.58. The van der Waals surface area contributed by atoms with Gasteiger partial charge in [0.1, 0.15) is 21.7 Å². The maximum Gasteiger partial charge on any atom is 0.260 e. The molecule has 0 aliphatic rings. The Morgan fingerprint density at radius 3 is 2.75 bits per heavy atom. The number of pyridine rings is 1. The second-order valence-electron chi connectivity index (χ2n) is 6.37. The molecule has 1 N–H and O–H groups in total. The second-order valence-corrected chi connectivity index (χ2v) is 8.19. The van der Waals surface area contributed by atoms with Crippen LogP contribution in [0.3, 0.4) is 0 Å². The molecule has 5 nitrogen and oxygen atoms in total. The van der Waals surface area contributed by atoms with Crippen molar-refractivity contribution in [2.45, 2.75) is 24.6 Å². The maximum atomic E-state index is 12.7. The number of hydrogen-bond donors (Lipinski definition) is 1. The number of rotatable bonds is 4. The number of nitrogens with one attached hydrogen (secondary N) is 1. The first-order chi connectivity index (χ1) is 13.6. The molecule has 3 aromatic heterocycles. The third kappa shape index (κ3) is 3.44. The third-order valence-corrected chi connectivity index (χ3v) is 6.21. The van der Waals surface area contributed by atoms with Gasteiger partial charge in [0.25, 0.3) is 5.56 Å². The lowest BCUT2D eigenvalue weighted by Crippen LogP contribution is -2.10. The molecule has 0 aliphatic heterocycles. The van der Waals surface area contributed by atoms with Crippen LogP contribution in [0.1, 0.15) is 22.6 Å². The Kier molecular flexibility index (Phi) is 4.99. The van der Waals surface area contributed by atoms with Crippen LogP contribution >= 0.6 is 23.1 Å². The van der Waals surface area contributed by atoms with Crippen LogP contribution in [-0.2, 0) is 5.75 Å². The Morgan fingerprint density at radius 1 is 1.21 bits per heavy atom. The van der Waals surface area contributed by atoms with Crippen molar-refractivity contribution in [2.75, 3.05) is 0 Å². The van der Waals surface area contributed by atoms with Crippen LogP contribution in [-0.4, -0.2) is 15.0 Å². The quantitative estimate of drug-likeness (QED) is 0.493. The summed E-state index contributed by atoms with van der Waals surface area (Å²) in [6, 6.07) is 13.9. The summed E-state index contributed by atoms with van der Waals surface area (Å²) in [6.07, 6.45) is 0. The Morgan fingerprint density at radius 2 is 2.00 bits per heavy atom. The monoisotopic (exact) mass is 404 g/mol. The van der Waals surface area contributed by atoms with Gasteiger partial charge in [-0.15, -0.1) is 11.3 Å². The molecule has 0 radical (unpaired) electrons. The average molecular weight is 405 g/mol. The Balaban J connectivity index is 1.67. The van der Waals surface area contributed by atoms with Gasteiger partial charge in [-0.1, -0.05) is 42.1 Å². The van der Waals surface area contributed by atoms with Gasteiger partial charge in [-0.25, -0.2) is 9.97 Å². The van der Waals surface area contributed by atoms with Crippen molar-refractivity contribution < 1.29 is 0 Å². The number of benzene rings is 1. The highest BCUT2D eigenvalue weighted by molar-refractivity contribution is 7.98. The molecule has 138 valence electrons. The zero-order chi connectivity index (χ0) is 19.7. The van der Waals surface area contributed by atoms with E-state index in [0.717, 1.165) is 22.4 Å². The molecule has 0 unspecified atom stereocenters. The van der Waals surface area contributed by atoms with Crippen LogP contribution in [0.5, 0.6) is 0 Å². The average Bonchev–Trinajstić information content (AvgIpc) is 3.11. The van der Waals surface area contributed by atoms with Crippen molar-refractivity contribution in [3.8, 4) is 17.2 Å². The molecule has 0 spiro atoms. The normalized spacial score (nSPS) is 10.9. The van der Waals surface area contributed by atoms with Crippen molar-refractivity contribution in [3.05, 3.63) is 74.8 Å². The molecule has 0 fully saturated rings. The minimum atomic E-state index is -0.144. The minimum absolute atomic E-state index is 0.144. The fourth-order valence-corrected chi connectivity index (χ4v) is 5.01. The highest BCUT2D eigenvalue weighted by Crippen LogP contribution is 2.31. The standard InChI is InChI=1S/C21H16N4OS2/c1-12-8-13(2)23-20(15(12)9-22)28-11-17-24-19(26)18-16(10-27-21(18)25-17)14-6-4-3-5-7-14/h3-8,10H,11H2,1-2H3,(H,24,25,26). The molecule has 4 rings (SSSR count). The van der Waals surface area contributed by atoms with E-state index in [1.807, 2.05) is 55.6 Å². The number of aromatic amines is 1. The van der Waals surface area contributed by atoms with Crippen LogP contribution in [0.4, 0.5) is 0 Å². The van der Waals surface area contributed by atoms with Crippen molar-refractivity contribution in [2.24, 2.45) is 0 Å². The molecule has 0 saturated carbocycles. The highest BCUT2D eigenvalue weighted by atomic mass is 32.2. The van der Waals surface area contributed by atoms with Crippen molar-refractivity contribution in [1.29, 1.82) is 5.26 Å². The van der Waals surface area contributed by atoms with Crippen LogP contribution in [0.15, 0.2) is 51.6 Å². The van der Waals surface area contributed by atoms with Crippen molar-refractivity contribution >= 4 is 33.3 Å². The van der Waals surface area contributed by atoms with Crippen LogP contribution in [0, 0.1) is 25.2 Å². The summed E-state index contributed by atoms with van der Waals surface area (Å²) in [5.74, 6) is 1.02. The number of aromatic nitrogens is 3. The Bertz CT molecular complexity index is 1270. The van der Waals surface area contributed by atoms with Crippen molar-refractivity contribution in [1.82, 2.24) is 15.0 Å². The van der Waals surface area contributed by atoms with E-state index < -0.39 is 0 Å². The van der Waals surface area contributed by atoms with Gasteiger partial charge in [-0.3, -0.25) is 4.79 Å². The van der Waals surface area contributed by atoms with Gasteiger partial charge in [-0.05, 0) is 31.0 Å². The third-order valence-electron chi connectivity index (χ3n) is 4.35. The summed E-state index contributed by atoms with van der Waals surface area (Å²) >= 11 is 2.87. The Hall–Kier alpha value is -2.95. The zero-order valence-corrected chi connectivity index (χ0v) is 16.9. The first-order valence-electron chi connectivity index (χ1n) is 8.64. The van der Waals surface area contributed by atoms with E-state index in [4.69, 9.17) is 0 Å². The summed E-state index contributed by atoms with van der Waals surface area (Å²) in [6.45, 7) is 3.81. The SMILES string of the molecule is Cc1cc(C)c(C#N)c(SCc2nc3scc(-c4ccccc4)c3c(=O)[nH]2)n1. The van der Waals surface area contributed by atoms with Gasteiger partial charge in [0.15, 0.2) is 0 Å². The van der Waals surface area contributed by atoms with E-state index in [1.54, 1.807) is 0 Å². The highest BCUT2D eigenvalue weighted by Gasteiger charge is 2.14. The van der Waals surface area contributed by atoms with Gasteiger partial charge in [0.05, 0.1) is 16.7 Å². The molecule has 0 atom stereocenters. The number of H-pyrrole nitrogens is 1. The van der Waals surface area contributed by atoms with E-state index in [2.05, 4.69) is 21.0 Å². The fourth-order valence-electron chi connectivity index (χ4n) is 3.07. The van der Waals surface area contributed by atoms with E-state index in [-0.39, 0.29) is 5.56 Å². The number of nitriles is 1. The molecule has 0 aliphatic carbocycles. The fraction of sp³-hybridized carbons (Fsp3) is 0.143. The number of fused-ring (bicyclic) bond motifs is 1. The summed E-state index contributed by atoms with van der Waals surface area (Å²) in [5, 5.41) is 12.7. The minimum Gasteiger partial charge on any atom is -0.309 e. The van der Waals surface area contributed by atoms with Gasteiger partial charge in [0, 0.05) is 16.6 Å². The molecule has 0 amide bonds. The smallest absolute Gasteiger partial charge is 0.260 e. The predicted molar refractivity (Wildman–Crippen MR) is 114 cm³/mol. The lowest BCUT2D eigenvalue weighted by atomic mass is 10.1. The molecular formula is C21H16N4OS2.